The van der Waals surface area contributed by atoms with Crippen molar-refractivity contribution in [2.75, 3.05) is 152 Å². The summed E-state index contributed by atoms with van der Waals surface area (Å²) in [4.78, 5) is 12.7. The minimum Gasteiger partial charge on any atom is -1.00 e. The molecule has 65 heavy (non-hydrogen) atoms. The van der Waals surface area contributed by atoms with E-state index in [0.717, 1.165) is 17.2 Å². The fourth-order valence-corrected chi connectivity index (χ4v) is 7.43. The highest BCUT2D eigenvalue weighted by molar-refractivity contribution is 6.03. The highest BCUT2D eigenvalue weighted by Gasteiger charge is 2.43. The normalized spacial score (nSPS) is 15.6. The van der Waals surface area contributed by atoms with Crippen molar-refractivity contribution in [2.45, 2.75) is 44.9 Å². The summed E-state index contributed by atoms with van der Waals surface area (Å²) >= 11 is 0. The number of benzene rings is 2. The number of hydrogen-bond acceptors (Lipinski definition) is 13. The van der Waals surface area contributed by atoms with Gasteiger partial charge in [0.15, 0.2) is 5.71 Å². The monoisotopic (exact) mass is 932 g/mol. The standard InChI is InChI=1S/C49H72N2O13.ClH/c1-48(2)41-37-39(63-35-33-61-31-29-58-24-23-56-20-19-54-7)13-15-43(41)50(5)45(48)11-9-8-10-12-46-49(3,4)42-38-40(14-16-44(42)51(46)6)64-36-34-62-32-30-60-28-27-59-26-25-57-22-21-55-18-17-47(52)53;/h8-16,37-38H,17-36H2,1-7H3;1H. The van der Waals surface area contributed by atoms with Gasteiger partial charge in [-0.2, -0.15) is 4.58 Å². The van der Waals surface area contributed by atoms with Crippen molar-refractivity contribution >= 4 is 23.1 Å². The molecule has 364 valence electrons. The zero-order chi connectivity index (χ0) is 46.0. The second kappa shape index (κ2) is 30.4. The van der Waals surface area contributed by atoms with Gasteiger partial charge in [0.2, 0.25) is 5.69 Å². The Balaban J connectivity index is 0.0000112. The number of likely N-dealkylation sites (N-methyl/N-ethyl adjacent to an activating group) is 1. The van der Waals surface area contributed by atoms with E-state index in [1.165, 1.54) is 28.2 Å². The van der Waals surface area contributed by atoms with E-state index in [-0.39, 0.29) is 36.3 Å². The van der Waals surface area contributed by atoms with Crippen molar-refractivity contribution in [1.82, 2.24) is 0 Å². The molecule has 4 rings (SSSR count). The third kappa shape index (κ3) is 18.4. The number of anilines is 1. The van der Waals surface area contributed by atoms with Crippen LogP contribution in [0.2, 0.25) is 0 Å². The minimum atomic E-state index is -0.875. The first-order valence-electron chi connectivity index (χ1n) is 22.3. The Morgan fingerprint density at radius 3 is 1.54 bits per heavy atom. The highest BCUT2D eigenvalue weighted by atomic mass is 35.5. The van der Waals surface area contributed by atoms with Gasteiger partial charge in [0.25, 0.3) is 0 Å². The summed E-state index contributed by atoms with van der Waals surface area (Å²) in [5, 5.41) is 8.57. The van der Waals surface area contributed by atoms with Gasteiger partial charge in [-0.3, -0.25) is 4.79 Å². The number of carboxylic acid groups (broad SMARTS) is 1. The van der Waals surface area contributed by atoms with Gasteiger partial charge in [-0.05, 0) is 55.8 Å². The van der Waals surface area contributed by atoms with E-state index in [1.807, 2.05) is 12.1 Å². The first-order chi connectivity index (χ1) is 31.0. The molecule has 0 aromatic heterocycles. The Hall–Kier alpha value is -3.87. The number of ether oxygens (including phenoxy) is 11. The molecule has 15 nitrogen and oxygen atoms in total. The summed E-state index contributed by atoms with van der Waals surface area (Å²) in [6.45, 7) is 17.8. The molecule has 0 saturated heterocycles. The van der Waals surface area contributed by atoms with E-state index in [4.69, 9.17) is 57.2 Å². The van der Waals surface area contributed by atoms with Crippen molar-refractivity contribution < 1.29 is 79.0 Å². The lowest BCUT2D eigenvalue weighted by Crippen LogP contribution is -3.00. The average Bonchev–Trinajstić information content (AvgIpc) is 3.58. The number of allylic oxidation sites excluding steroid dienone is 6. The molecular weight excluding hydrogens is 860 g/mol. The summed E-state index contributed by atoms with van der Waals surface area (Å²) in [5.74, 6) is 0.769. The van der Waals surface area contributed by atoms with Gasteiger partial charge in [0, 0.05) is 48.7 Å². The number of fused-ring (bicyclic) bond motifs is 2. The maximum Gasteiger partial charge on any atom is 0.305 e. The first-order valence-corrected chi connectivity index (χ1v) is 22.3. The maximum absolute atomic E-state index is 10.4. The Kier molecular flexibility index (Phi) is 26.0. The Bertz CT molecular complexity index is 1830. The molecule has 2 aromatic rings. The van der Waals surface area contributed by atoms with Gasteiger partial charge >= 0.3 is 5.97 Å². The second-order valence-electron chi connectivity index (χ2n) is 16.1. The number of nitrogens with zero attached hydrogens (tertiary/aromatic N) is 2. The maximum atomic E-state index is 10.4. The Morgan fingerprint density at radius 1 is 0.600 bits per heavy atom. The van der Waals surface area contributed by atoms with Crippen molar-refractivity contribution in [3.05, 3.63) is 83.6 Å². The van der Waals surface area contributed by atoms with Crippen LogP contribution >= 0.6 is 0 Å². The van der Waals surface area contributed by atoms with E-state index in [0.29, 0.717) is 119 Å². The van der Waals surface area contributed by atoms with Gasteiger partial charge < -0.3 is 74.5 Å². The van der Waals surface area contributed by atoms with Gasteiger partial charge in [-0.25, -0.2) is 0 Å². The Labute approximate surface area is 392 Å². The van der Waals surface area contributed by atoms with Crippen LogP contribution in [0.3, 0.4) is 0 Å². The lowest BCUT2D eigenvalue weighted by molar-refractivity contribution is -0.401. The van der Waals surface area contributed by atoms with E-state index in [9.17, 15) is 4.79 Å². The predicted octanol–water partition coefficient (Wildman–Crippen LogP) is 3.13. The molecule has 0 radical (unpaired) electrons. The molecule has 2 heterocycles. The Morgan fingerprint density at radius 2 is 1.05 bits per heavy atom. The molecule has 2 aromatic carbocycles. The zero-order valence-corrected chi connectivity index (χ0v) is 40.4. The summed E-state index contributed by atoms with van der Waals surface area (Å²) in [6.07, 6.45) is 10.7. The van der Waals surface area contributed by atoms with Gasteiger partial charge in [-0.1, -0.05) is 32.1 Å². The quantitative estimate of drug-likeness (QED) is 0.0614. The van der Waals surface area contributed by atoms with Crippen LogP contribution < -0.4 is 26.8 Å². The van der Waals surface area contributed by atoms with Crippen molar-refractivity contribution in [3.8, 4) is 11.5 Å². The number of halogens is 1. The van der Waals surface area contributed by atoms with E-state index in [1.54, 1.807) is 7.11 Å². The first kappa shape index (κ1) is 55.5. The lowest BCUT2D eigenvalue weighted by atomic mass is 9.81. The molecule has 16 heteroatoms. The topological polar surface area (TPSA) is 145 Å². The van der Waals surface area contributed by atoms with Gasteiger partial charge in [-0.15, -0.1) is 0 Å². The van der Waals surface area contributed by atoms with Crippen molar-refractivity contribution in [3.63, 3.8) is 0 Å². The zero-order valence-electron chi connectivity index (χ0n) is 39.6. The summed E-state index contributed by atoms with van der Waals surface area (Å²) in [5.41, 5.74) is 6.76. The SMILES string of the molecule is COCCOCCOCCOCCOc1ccc2c(c1)C(C)(C)C(/C=C/C=C/C=C1/N(C)c3ccc(OCCOCCOCCOCCOCCOCCC(=O)O)cc3C1(C)C)=[N+]2C.[Cl-]. The van der Waals surface area contributed by atoms with Crippen LogP contribution in [0.4, 0.5) is 11.4 Å². The van der Waals surface area contributed by atoms with E-state index in [2.05, 4.69) is 106 Å². The number of rotatable bonds is 35. The van der Waals surface area contributed by atoms with Gasteiger partial charge in [0.05, 0.1) is 124 Å². The van der Waals surface area contributed by atoms with Crippen LogP contribution in [0.25, 0.3) is 0 Å². The molecule has 1 N–H and O–H groups in total. The number of carbonyl (C=O) groups is 1. The molecule has 0 spiro atoms. The molecule has 0 unspecified atom stereocenters. The number of aliphatic carboxylic acids is 1. The van der Waals surface area contributed by atoms with Crippen molar-refractivity contribution in [1.29, 1.82) is 0 Å². The molecular formula is C49H73ClN2O13. The van der Waals surface area contributed by atoms with Crippen LogP contribution in [0.1, 0.15) is 45.2 Å². The summed E-state index contributed by atoms with van der Waals surface area (Å²) in [6, 6.07) is 12.6. The third-order valence-electron chi connectivity index (χ3n) is 10.9. The molecule has 0 amide bonds. The summed E-state index contributed by atoms with van der Waals surface area (Å²) < 4.78 is 63.3. The minimum absolute atomic E-state index is 0. The van der Waals surface area contributed by atoms with Gasteiger partial charge in [0.1, 0.15) is 31.8 Å². The smallest absolute Gasteiger partial charge is 0.305 e. The van der Waals surface area contributed by atoms with E-state index < -0.39 is 5.97 Å². The second-order valence-corrected chi connectivity index (χ2v) is 16.1. The molecule has 0 saturated carbocycles. The lowest BCUT2D eigenvalue weighted by Gasteiger charge is -2.23. The van der Waals surface area contributed by atoms with Crippen LogP contribution in [-0.2, 0) is 58.3 Å². The largest absolute Gasteiger partial charge is 1.00 e. The molecule has 2 aliphatic heterocycles. The number of carboxylic acids is 1. The molecule has 2 aliphatic rings. The third-order valence-corrected chi connectivity index (χ3v) is 10.9. The fraction of sp³-hybridized carbons (Fsp3) is 0.592. The van der Waals surface area contributed by atoms with Crippen LogP contribution in [0.15, 0.2) is 72.5 Å². The summed E-state index contributed by atoms with van der Waals surface area (Å²) in [7, 11) is 5.88. The molecule has 0 atom stereocenters. The van der Waals surface area contributed by atoms with Crippen LogP contribution in [0.5, 0.6) is 11.5 Å². The average molecular weight is 934 g/mol. The van der Waals surface area contributed by atoms with Crippen LogP contribution in [0, 0.1) is 0 Å². The fourth-order valence-electron chi connectivity index (χ4n) is 7.43. The predicted molar refractivity (Wildman–Crippen MR) is 246 cm³/mol. The van der Waals surface area contributed by atoms with Crippen LogP contribution in [-0.4, -0.2) is 168 Å². The number of methoxy groups -OCH3 is 1. The molecule has 0 fully saturated rings. The van der Waals surface area contributed by atoms with E-state index >= 15 is 0 Å². The highest BCUT2D eigenvalue weighted by Crippen LogP contribution is 2.48. The molecule has 0 bridgehead atoms. The number of hydrogen-bond donors (Lipinski definition) is 1. The van der Waals surface area contributed by atoms with Crippen molar-refractivity contribution in [2.24, 2.45) is 0 Å². The molecule has 0 aliphatic carbocycles.